The molecule has 0 saturated heterocycles. The van der Waals surface area contributed by atoms with Crippen molar-refractivity contribution in [2.75, 3.05) is 6.54 Å². The molecule has 1 amide bonds. The molecule has 0 saturated carbocycles. The van der Waals surface area contributed by atoms with E-state index in [2.05, 4.69) is 5.32 Å². The molecule has 2 aromatic rings. The Bertz CT molecular complexity index is 743. The lowest BCUT2D eigenvalue weighted by atomic mass is 9.90. The van der Waals surface area contributed by atoms with Crippen molar-refractivity contribution in [3.8, 4) is 0 Å². The normalized spacial score (nSPS) is 11.7. The zero-order valence-corrected chi connectivity index (χ0v) is 14.0. The van der Waals surface area contributed by atoms with Crippen LogP contribution in [0.3, 0.4) is 0 Å². The Kier molecular flexibility index (Phi) is 4.78. The molecule has 0 atom stereocenters. The van der Waals surface area contributed by atoms with E-state index in [4.69, 9.17) is 9.52 Å². The van der Waals surface area contributed by atoms with E-state index in [1.54, 1.807) is 20.1 Å². The zero-order valence-electron chi connectivity index (χ0n) is 14.0. The van der Waals surface area contributed by atoms with Crippen molar-refractivity contribution in [2.24, 2.45) is 5.41 Å². The van der Waals surface area contributed by atoms with Gasteiger partial charge in [-0.2, -0.15) is 0 Å². The Morgan fingerprint density at radius 1 is 1.22 bits per heavy atom. The highest BCUT2D eigenvalue weighted by atomic mass is 16.4. The first-order valence-electron chi connectivity index (χ1n) is 7.68. The molecule has 0 unspecified atom stereocenters. The van der Waals surface area contributed by atoms with Crippen LogP contribution in [0.2, 0.25) is 0 Å². The van der Waals surface area contributed by atoms with E-state index in [9.17, 15) is 9.59 Å². The highest BCUT2D eigenvalue weighted by Gasteiger charge is 2.26. The number of aliphatic carboxylic acids is 1. The number of carbonyl (C=O) groups excluding carboxylic acids is 1. The molecule has 0 aliphatic rings. The van der Waals surface area contributed by atoms with E-state index in [-0.39, 0.29) is 12.3 Å². The molecule has 5 heteroatoms. The molecular formula is C18H23NO4. The molecule has 5 nitrogen and oxygen atoms in total. The fraction of sp³-hybridized carbons (Fsp3) is 0.444. The number of amides is 1. The Hall–Kier alpha value is -2.30. The minimum absolute atomic E-state index is 0.132. The van der Waals surface area contributed by atoms with Crippen LogP contribution in [0.25, 0.3) is 11.0 Å². The third-order valence-corrected chi connectivity index (χ3v) is 4.27. The molecule has 1 heterocycles. The van der Waals surface area contributed by atoms with Crippen LogP contribution < -0.4 is 5.32 Å². The number of carboxylic acids is 1. The average molecular weight is 317 g/mol. The number of carboxylic acid groups (broad SMARTS) is 1. The minimum atomic E-state index is -0.863. The Morgan fingerprint density at radius 3 is 2.52 bits per heavy atom. The van der Waals surface area contributed by atoms with Gasteiger partial charge >= 0.3 is 5.97 Å². The summed E-state index contributed by atoms with van der Waals surface area (Å²) in [7, 11) is 0. The smallest absolute Gasteiger partial charge is 0.309 e. The summed E-state index contributed by atoms with van der Waals surface area (Å²) in [4.78, 5) is 23.1. The number of hydrogen-bond donors (Lipinski definition) is 2. The first kappa shape index (κ1) is 17.1. The second-order valence-electron chi connectivity index (χ2n) is 6.66. The average Bonchev–Trinajstić information content (AvgIpc) is 2.81. The molecule has 0 fully saturated rings. The van der Waals surface area contributed by atoms with Gasteiger partial charge < -0.3 is 14.8 Å². The fourth-order valence-electron chi connectivity index (χ4n) is 2.33. The number of nitrogens with one attached hydrogen (secondary N) is 1. The van der Waals surface area contributed by atoms with Crippen LogP contribution in [0.4, 0.5) is 0 Å². The number of hydrogen-bond acceptors (Lipinski definition) is 3. The summed E-state index contributed by atoms with van der Waals surface area (Å²) in [5.41, 5.74) is 3.09. The zero-order chi connectivity index (χ0) is 17.2. The molecule has 2 N–H and O–H groups in total. The van der Waals surface area contributed by atoms with Gasteiger partial charge in [-0.15, -0.1) is 0 Å². The topological polar surface area (TPSA) is 79.5 Å². The molecular weight excluding hydrogens is 294 g/mol. The van der Waals surface area contributed by atoms with Crippen LogP contribution in [-0.4, -0.2) is 23.5 Å². The molecule has 1 aromatic heterocycles. The fourth-order valence-corrected chi connectivity index (χ4v) is 2.33. The highest BCUT2D eigenvalue weighted by molar-refractivity contribution is 5.88. The minimum Gasteiger partial charge on any atom is -0.481 e. The Morgan fingerprint density at radius 2 is 1.87 bits per heavy atom. The van der Waals surface area contributed by atoms with E-state index in [1.807, 2.05) is 26.0 Å². The van der Waals surface area contributed by atoms with Crippen molar-refractivity contribution in [3.63, 3.8) is 0 Å². The number of benzene rings is 1. The first-order chi connectivity index (χ1) is 10.7. The molecule has 0 aliphatic heterocycles. The maximum Gasteiger partial charge on any atom is 0.309 e. The van der Waals surface area contributed by atoms with E-state index >= 15 is 0 Å². The third kappa shape index (κ3) is 3.92. The van der Waals surface area contributed by atoms with E-state index in [0.717, 1.165) is 27.7 Å². The number of rotatable bonds is 6. The highest BCUT2D eigenvalue weighted by Crippen LogP contribution is 2.25. The molecule has 0 bridgehead atoms. The number of aryl methyl sites for hydroxylation is 2. The van der Waals surface area contributed by atoms with Crippen molar-refractivity contribution in [1.82, 2.24) is 5.32 Å². The van der Waals surface area contributed by atoms with E-state index in [1.165, 1.54) is 0 Å². The van der Waals surface area contributed by atoms with Crippen molar-refractivity contribution in [3.05, 3.63) is 35.1 Å². The van der Waals surface area contributed by atoms with Crippen LogP contribution in [0.15, 0.2) is 22.8 Å². The van der Waals surface area contributed by atoms with Gasteiger partial charge in [-0.3, -0.25) is 9.59 Å². The van der Waals surface area contributed by atoms with Crippen LogP contribution in [0.1, 0.15) is 37.0 Å². The molecule has 0 radical (unpaired) electrons. The van der Waals surface area contributed by atoms with Crippen LogP contribution >= 0.6 is 0 Å². The maximum absolute atomic E-state index is 12.1. The molecule has 0 aliphatic carbocycles. The maximum atomic E-state index is 12.1. The quantitative estimate of drug-likeness (QED) is 0.857. The monoisotopic (exact) mass is 317 g/mol. The van der Waals surface area contributed by atoms with Gasteiger partial charge in [-0.05, 0) is 57.4 Å². The molecule has 1 aromatic carbocycles. The van der Waals surface area contributed by atoms with Gasteiger partial charge in [0, 0.05) is 17.5 Å². The van der Waals surface area contributed by atoms with Gasteiger partial charge in [0.05, 0.1) is 18.1 Å². The summed E-state index contributed by atoms with van der Waals surface area (Å²) in [6, 6.07) is 4.01. The van der Waals surface area contributed by atoms with E-state index in [0.29, 0.717) is 13.0 Å². The van der Waals surface area contributed by atoms with Gasteiger partial charge in [0.15, 0.2) is 0 Å². The lowest BCUT2D eigenvalue weighted by Crippen LogP contribution is -2.32. The van der Waals surface area contributed by atoms with Crippen molar-refractivity contribution in [2.45, 2.75) is 40.5 Å². The SMILES string of the molecule is Cc1cc2occ(CC(=O)NCCC(C)(C)C(=O)O)c2cc1C. The number of carbonyl (C=O) groups is 2. The second-order valence-corrected chi connectivity index (χ2v) is 6.66. The van der Waals surface area contributed by atoms with Crippen molar-refractivity contribution >= 4 is 22.8 Å². The lowest BCUT2D eigenvalue weighted by Gasteiger charge is -2.18. The lowest BCUT2D eigenvalue weighted by molar-refractivity contribution is -0.147. The van der Waals surface area contributed by atoms with Crippen LogP contribution in [0, 0.1) is 19.3 Å². The summed E-state index contributed by atoms with van der Waals surface area (Å²) >= 11 is 0. The van der Waals surface area contributed by atoms with E-state index < -0.39 is 11.4 Å². The summed E-state index contributed by atoms with van der Waals surface area (Å²) < 4.78 is 5.52. The molecule has 2 rings (SSSR count). The standard InChI is InChI=1S/C18H23NO4/c1-11-7-14-13(10-23-15(14)8-12(11)2)9-16(20)19-6-5-18(3,4)17(21)22/h7-8,10H,5-6,9H2,1-4H3,(H,19,20)(H,21,22). The predicted octanol–water partition coefficient (Wildman–Crippen LogP) is 3.21. The second kappa shape index (κ2) is 6.44. The molecule has 23 heavy (non-hydrogen) atoms. The Labute approximate surface area is 135 Å². The van der Waals surface area contributed by atoms with Gasteiger partial charge in [-0.25, -0.2) is 0 Å². The van der Waals surface area contributed by atoms with Crippen molar-refractivity contribution in [1.29, 1.82) is 0 Å². The molecule has 124 valence electrons. The summed E-state index contributed by atoms with van der Waals surface area (Å²) in [5.74, 6) is -0.995. The largest absolute Gasteiger partial charge is 0.481 e. The van der Waals surface area contributed by atoms with Crippen LogP contribution in [0.5, 0.6) is 0 Å². The van der Waals surface area contributed by atoms with Crippen molar-refractivity contribution < 1.29 is 19.1 Å². The van der Waals surface area contributed by atoms with Crippen LogP contribution in [-0.2, 0) is 16.0 Å². The summed E-state index contributed by atoms with van der Waals surface area (Å²) in [5, 5.41) is 12.8. The van der Waals surface area contributed by atoms with Gasteiger partial charge in [0.2, 0.25) is 5.91 Å². The van der Waals surface area contributed by atoms with Gasteiger partial charge in [0.25, 0.3) is 0 Å². The predicted molar refractivity (Wildman–Crippen MR) is 88.4 cm³/mol. The third-order valence-electron chi connectivity index (χ3n) is 4.27. The van der Waals surface area contributed by atoms with Gasteiger partial charge in [-0.1, -0.05) is 0 Å². The number of furan rings is 1. The number of fused-ring (bicyclic) bond motifs is 1. The summed E-state index contributed by atoms with van der Waals surface area (Å²) in [6.07, 6.45) is 2.23. The first-order valence-corrected chi connectivity index (χ1v) is 7.68. The molecule has 0 spiro atoms. The Balaban J connectivity index is 1.99. The summed E-state index contributed by atoms with van der Waals surface area (Å²) in [6.45, 7) is 7.69. The van der Waals surface area contributed by atoms with Gasteiger partial charge in [0.1, 0.15) is 5.58 Å².